The number of halogens is 1. The van der Waals surface area contributed by atoms with Crippen LogP contribution in [0, 0.1) is 0 Å². The molecule has 19 heavy (non-hydrogen) atoms. The molecule has 1 aliphatic heterocycles. The molecule has 0 aromatic carbocycles. The van der Waals surface area contributed by atoms with Crippen LogP contribution >= 0.6 is 15.9 Å². The minimum atomic E-state index is 0.788. The van der Waals surface area contributed by atoms with E-state index in [-0.39, 0.29) is 0 Å². The third-order valence-corrected chi connectivity index (χ3v) is 5.26. The predicted molar refractivity (Wildman–Crippen MR) is 90.2 cm³/mol. The number of unbranched alkanes of at least 4 members (excludes halogenated alkanes) is 9. The number of hydrogen-bond donors (Lipinski definition) is 0. The average molecular weight is 332 g/mol. The lowest BCUT2D eigenvalue weighted by molar-refractivity contribution is 0.229. The molecular formula is C17H34BrN. The third kappa shape index (κ3) is 9.90. The van der Waals surface area contributed by atoms with Gasteiger partial charge in [0.1, 0.15) is 0 Å². The van der Waals surface area contributed by atoms with Crippen molar-refractivity contribution in [2.24, 2.45) is 0 Å². The maximum atomic E-state index is 3.72. The number of likely N-dealkylation sites (tertiary alicyclic amines) is 1. The van der Waals surface area contributed by atoms with E-state index in [9.17, 15) is 0 Å². The topological polar surface area (TPSA) is 3.24 Å². The smallest absolute Gasteiger partial charge is 0.0170 e. The highest BCUT2D eigenvalue weighted by Crippen LogP contribution is 2.18. The molecule has 114 valence electrons. The summed E-state index contributed by atoms with van der Waals surface area (Å²) in [6.45, 7) is 6.26. The molecule has 0 amide bonds. The Bertz CT molecular complexity index is 188. The lowest BCUT2D eigenvalue weighted by Gasteiger charge is -2.29. The van der Waals surface area contributed by atoms with Crippen molar-refractivity contribution in [3.63, 3.8) is 0 Å². The van der Waals surface area contributed by atoms with Crippen LogP contribution in [-0.2, 0) is 0 Å². The standard InChI is InChI=1S/C17H34BrN/c1-2-3-4-5-6-7-8-9-10-11-14-19-15-12-17(18)13-16-19/h17H,2-16H2,1H3. The van der Waals surface area contributed by atoms with Crippen molar-refractivity contribution in [1.82, 2.24) is 4.90 Å². The number of piperidine rings is 1. The van der Waals surface area contributed by atoms with E-state index in [2.05, 4.69) is 27.8 Å². The molecule has 1 fully saturated rings. The van der Waals surface area contributed by atoms with E-state index in [1.807, 2.05) is 0 Å². The summed E-state index contributed by atoms with van der Waals surface area (Å²) in [6, 6.07) is 0. The second-order valence-electron chi connectivity index (χ2n) is 6.20. The van der Waals surface area contributed by atoms with Crippen LogP contribution in [0.3, 0.4) is 0 Å². The highest BCUT2D eigenvalue weighted by atomic mass is 79.9. The van der Waals surface area contributed by atoms with Gasteiger partial charge in [-0.25, -0.2) is 0 Å². The van der Waals surface area contributed by atoms with Crippen LogP contribution in [0.2, 0.25) is 0 Å². The lowest BCUT2D eigenvalue weighted by atomic mass is 10.1. The van der Waals surface area contributed by atoms with Crippen LogP contribution < -0.4 is 0 Å². The molecule has 1 heterocycles. The number of nitrogens with zero attached hydrogens (tertiary/aromatic N) is 1. The summed E-state index contributed by atoms with van der Waals surface area (Å²) in [4.78, 5) is 3.44. The first-order valence-corrected chi connectivity index (χ1v) is 9.61. The molecule has 0 aromatic rings. The van der Waals surface area contributed by atoms with Crippen molar-refractivity contribution in [3.8, 4) is 0 Å². The van der Waals surface area contributed by atoms with E-state index in [1.54, 1.807) is 0 Å². The number of rotatable bonds is 11. The lowest BCUT2D eigenvalue weighted by Crippen LogP contribution is -2.34. The fraction of sp³-hybridized carbons (Fsp3) is 1.00. The molecule has 0 radical (unpaired) electrons. The highest BCUT2D eigenvalue weighted by molar-refractivity contribution is 9.09. The van der Waals surface area contributed by atoms with Gasteiger partial charge in [0, 0.05) is 4.83 Å². The van der Waals surface area contributed by atoms with Crippen LogP contribution in [0.15, 0.2) is 0 Å². The van der Waals surface area contributed by atoms with Crippen LogP contribution in [0.25, 0.3) is 0 Å². The van der Waals surface area contributed by atoms with Gasteiger partial charge >= 0.3 is 0 Å². The van der Waals surface area contributed by atoms with Crippen molar-refractivity contribution in [2.75, 3.05) is 19.6 Å². The largest absolute Gasteiger partial charge is 0.303 e. The first-order chi connectivity index (χ1) is 9.33. The van der Waals surface area contributed by atoms with Crippen molar-refractivity contribution in [3.05, 3.63) is 0 Å². The second kappa shape index (κ2) is 12.2. The Labute approximate surface area is 129 Å². The van der Waals surface area contributed by atoms with E-state index in [4.69, 9.17) is 0 Å². The van der Waals surface area contributed by atoms with Gasteiger partial charge in [0.2, 0.25) is 0 Å². The number of hydrogen-bond acceptors (Lipinski definition) is 1. The fourth-order valence-corrected chi connectivity index (χ4v) is 3.36. The Balaban J connectivity index is 1.76. The van der Waals surface area contributed by atoms with Crippen molar-refractivity contribution < 1.29 is 0 Å². The second-order valence-corrected chi connectivity index (χ2v) is 7.49. The highest BCUT2D eigenvalue weighted by Gasteiger charge is 2.15. The molecular weight excluding hydrogens is 298 g/mol. The van der Waals surface area contributed by atoms with E-state index >= 15 is 0 Å². The molecule has 0 spiro atoms. The first-order valence-electron chi connectivity index (χ1n) is 8.69. The molecule has 0 aliphatic carbocycles. The maximum absolute atomic E-state index is 3.72. The summed E-state index contributed by atoms with van der Waals surface area (Å²) < 4.78 is 0. The molecule has 0 bridgehead atoms. The van der Waals surface area contributed by atoms with Crippen LogP contribution in [0.1, 0.15) is 84.0 Å². The SMILES string of the molecule is CCCCCCCCCCCCN1CCC(Br)CC1. The zero-order valence-electron chi connectivity index (χ0n) is 13.0. The van der Waals surface area contributed by atoms with Gasteiger partial charge in [0.05, 0.1) is 0 Å². The minimum Gasteiger partial charge on any atom is -0.303 e. The van der Waals surface area contributed by atoms with Crippen molar-refractivity contribution in [2.45, 2.75) is 88.8 Å². The van der Waals surface area contributed by atoms with Crippen LogP contribution in [-0.4, -0.2) is 29.4 Å². The summed E-state index contributed by atoms with van der Waals surface area (Å²) in [6.07, 6.45) is 17.2. The first kappa shape index (κ1) is 17.5. The van der Waals surface area contributed by atoms with E-state index in [0.29, 0.717) is 0 Å². The zero-order chi connectivity index (χ0) is 13.8. The molecule has 0 atom stereocenters. The molecule has 0 saturated carbocycles. The normalized spacial score (nSPS) is 18.0. The summed E-state index contributed by atoms with van der Waals surface area (Å²) in [5.41, 5.74) is 0. The summed E-state index contributed by atoms with van der Waals surface area (Å²) in [5.74, 6) is 0. The van der Waals surface area contributed by atoms with Gasteiger partial charge in [-0.3, -0.25) is 0 Å². The van der Waals surface area contributed by atoms with Crippen LogP contribution in [0.4, 0.5) is 0 Å². The zero-order valence-corrected chi connectivity index (χ0v) is 14.6. The molecule has 1 rings (SSSR count). The van der Waals surface area contributed by atoms with Crippen LogP contribution in [0.5, 0.6) is 0 Å². The summed E-state index contributed by atoms with van der Waals surface area (Å²) in [7, 11) is 0. The predicted octanol–water partition coefficient (Wildman–Crippen LogP) is 5.77. The Morgan fingerprint density at radius 1 is 0.789 bits per heavy atom. The third-order valence-electron chi connectivity index (χ3n) is 4.35. The van der Waals surface area contributed by atoms with Gasteiger partial charge in [-0.2, -0.15) is 0 Å². The van der Waals surface area contributed by atoms with Gasteiger partial charge in [-0.15, -0.1) is 0 Å². The molecule has 1 nitrogen and oxygen atoms in total. The summed E-state index contributed by atoms with van der Waals surface area (Å²) in [5, 5.41) is 0. The maximum Gasteiger partial charge on any atom is 0.0170 e. The monoisotopic (exact) mass is 331 g/mol. The van der Waals surface area contributed by atoms with E-state index in [1.165, 1.54) is 96.7 Å². The van der Waals surface area contributed by atoms with Gasteiger partial charge < -0.3 is 4.90 Å². The van der Waals surface area contributed by atoms with E-state index < -0.39 is 0 Å². The molecule has 0 N–H and O–H groups in total. The van der Waals surface area contributed by atoms with Crippen molar-refractivity contribution in [1.29, 1.82) is 0 Å². The molecule has 1 saturated heterocycles. The Morgan fingerprint density at radius 2 is 1.26 bits per heavy atom. The Morgan fingerprint density at radius 3 is 1.79 bits per heavy atom. The fourth-order valence-electron chi connectivity index (χ4n) is 2.95. The summed E-state index contributed by atoms with van der Waals surface area (Å²) >= 11 is 3.72. The van der Waals surface area contributed by atoms with Gasteiger partial charge in [0.25, 0.3) is 0 Å². The molecule has 2 heteroatoms. The van der Waals surface area contributed by atoms with Crippen molar-refractivity contribution >= 4 is 15.9 Å². The van der Waals surface area contributed by atoms with Gasteiger partial charge in [-0.05, 0) is 38.9 Å². The van der Waals surface area contributed by atoms with E-state index in [0.717, 1.165) is 4.83 Å². The molecule has 1 aliphatic rings. The van der Waals surface area contributed by atoms with Gasteiger partial charge in [0.15, 0.2) is 0 Å². The molecule has 0 aromatic heterocycles. The Kier molecular flexibility index (Phi) is 11.2. The minimum absolute atomic E-state index is 0.788. The number of alkyl halides is 1. The Hall–Kier alpha value is 0.440. The average Bonchev–Trinajstić information content (AvgIpc) is 2.43. The molecule has 0 unspecified atom stereocenters. The van der Waals surface area contributed by atoms with Gasteiger partial charge in [-0.1, -0.05) is 80.6 Å². The quantitative estimate of drug-likeness (QED) is 0.343.